The maximum Gasteiger partial charge on any atom is 0.318 e. The fourth-order valence-electron chi connectivity index (χ4n) is 3.88. The number of nitrogens with zero attached hydrogens (tertiary/aromatic N) is 4. The molecular formula is C22H26ClN5O. The Morgan fingerprint density at radius 2 is 1.90 bits per heavy atom. The second-order valence-electron chi connectivity index (χ2n) is 7.71. The van der Waals surface area contributed by atoms with Crippen molar-refractivity contribution in [1.82, 2.24) is 19.9 Å². The second-order valence-corrected chi connectivity index (χ2v) is 8.12. The van der Waals surface area contributed by atoms with E-state index in [4.69, 9.17) is 21.3 Å². The zero-order valence-electron chi connectivity index (χ0n) is 17.0. The summed E-state index contributed by atoms with van der Waals surface area (Å²) >= 11 is 6.48. The molecule has 6 nitrogen and oxygen atoms in total. The summed E-state index contributed by atoms with van der Waals surface area (Å²) in [6.07, 6.45) is 5.68. The van der Waals surface area contributed by atoms with Crippen molar-refractivity contribution in [2.24, 2.45) is 0 Å². The van der Waals surface area contributed by atoms with E-state index in [0.717, 1.165) is 48.6 Å². The van der Waals surface area contributed by atoms with Crippen molar-refractivity contribution >= 4 is 17.4 Å². The number of aryl methyl sites for hydroxylation is 1. The van der Waals surface area contributed by atoms with Crippen LogP contribution >= 0.6 is 11.6 Å². The lowest BCUT2D eigenvalue weighted by Gasteiger charge is -2.33. The molecule has 2 aromatic heterocycles. The average molecular weight is 412 g/mol. The van der Waals surface area contributed by atoms with Crippen LogP contribution in [0, 0.1) is 6.92 Å². The van der Waals surface area contributed by atoms with Gasteiger partial charge in [-0.25, -0.2) is 9.97 Å². The van der Waals surface area contributed by atoms with Crippen LogP contribution in [0.15, 0.2) is 36.8 Å². The first kappa shape index (κ1) is 19.7. The lowest BCUT2D eigenvalue weighted by atomic mass is 9.92. The van der Waals surface area contributed by atoms with E-state index in [1.165, 1.54) is 5.69 Å². The first-order valence-corrected chi connectivity index (χ1v) is 10.4. The molecule has 1 N–H and O–H groups in total. The molecule has 4 rings (SSSR count). The third-order valence-corrected chi connectivity index (χ3v) is 5.63. The third-order valence-electron chi connectivity index (χ3n) is 5.30. The molecule has 1 fully saturated rings. The molecule has 0 atom stereocenters. The molecule has 3 heterocycles. The first-order valence-electron chi connectivity index (χ1n) is 10.1. The van der Waals surface area contributed by atoms with Gasteiger partial charge in [-0.2, -0.15) is 4.98 Å². The number of piperidine rings is 1. The first-order chi connectivity index (χ1) is 14.0. The molecule has 0 radical (unpaired) electrons. The number of imidazole rings is 1. The topological polar surface area (TPSA) is 66.9 Å². The van der Waals surface area contributed by atoms with E-state index in [0.29, 0.717) is 17.0 Å². The van der Waals surface area contributed by atoms with Crippen LogP contribution in [-0.4, -0.2) is 39.1 Å². The van der Waals surface area contributed by atoms with E-state index < -0.39 is 0 Å². The van der Waals surface area contributed by atoms with Crippen molar-refractivity contribution in [2.45, 2.75) is 45.6 Å². The highest BCUT2D eigenvalue weighted by Gasteiger charge is 2.26. The maximum atomic E-state index is 6.48. The molecule has 0 bridgehead atoms. The number of hydrogen-bond donors (Lipinski definition) is 1. The lowest BCUT2D eigenvalue weighted by Crippen LogP contribution is -2.34. The van der Waals surface area contributed by atoms with E-state index in [-0.39, 0.29) is 6.10 Å². The Balaban J connectivity index is 1.64. The van der Waals surface area contributed by atoms with Crippen molar-refractivity contribution in [3.05, 3.63) is 53.2 Å². The van der Waals surface area contributed by atoms with Crippen LogP contribution in [0.2, 0.25) is 5.02 Å². The second kappa shape index (κ2) is 8.41. The highest BCUT2D eigenvalue weighted by atomic mass is 35.5. The summed E-state index contributed by atoms with van der Waals surface area (Å²) in [6.45, 7) is 7.83. The number of rotatable bonds is 5. The van der Waals surface area contributed by atoms with Crippen LogP contribution in [0.25, 0.3) is 11.1 Å². The Labute approximate surface area is 176 Å². The smallest absolute Gasteiger partial charge is 0.318 e. The number of hydrogen-bond acceptors (Lipinski definition) is 5. The van der Waals surface area contributed by atoms with Crippen molar-refractivity contribution in [3.8, 4) is 17.1 Å². The third kappa shape index (κ3) is 4.22. The molecule has 0 aliphatic carbocycles. The van der Waals surface area contributed by atoms with E-state index in [9.17, 15) is 0 Å². The summed E-state index contributed by atoms with van der Waals surface area (Å²) in [6, 6.07) is 8.21. The quantitative estimate of drug-likeness (QED) is 0.639. The predicted molar refractivity (Wildman–Crippen MR) is 116 cm³/mol. The Morgan fingerprint density at radius 3 is 2.55 bits per heavy atom. The summed E-state index contributed by atoms with van der Waals surface area (Å²) in [5.74, 6) is 1.34. The van der Waals surface area contributed by atoms with Gasteiger partial charge in [-0.15, -0.1) is 0 Å². The van der Waals surface area contributed by atoms with Crippen LogP contribution in [0.3, 0.4) is 0 Å². The van der Waals surface area contributed by atoms with Crippen LogP contribution in [0.5, 0.6) is 6.01 Å². The largest absolute Gasteiger partial charge is 0.461 e. The van der Waals surface area contributed by atoms with E-state index >= 15 is 0 Å². The monoisotopic (exact) mass is 411 g/mol. The minimum absolute atomic E-state index is 0.0161. The highest BCUT2D eigenvalue weighted by Crippen LogP contribution is 2.37. The minimum Gasteiger partial charge on any atom is -0.461 e. The molecular weight excluding hydrogens is 386 g/mol. The number of anilines is 1. The summed E-state index contributed by atoms with van der Waals surface area (Å²) in [5.41, 5.74) is 4.21. The van der Waals surface area contributed by atoms with Crippen molar-refractivity contribution in [2.75, 3.05) is 18.0 Å². The molecule has 3 aromatic rings. The molecule has 1 aliphatic heterocycles. The summed E-state index contributed by atoms with van der Waals surface area (Å²) in [7, 11) is 0. The van der Waals surface area contributed by atoms with Crippen molar-refractivity contribution in [3.63, 3.8) is 0 Å². The van der Waals surface area contributed by atoms with Gasteiger partial charge in [0, 0.05) is 47.0 Å². The van der Waals surface area contributed by atoms with Gasteiger partial charge in [-0.3, -0.25) is 0 Å². The van der Waals surface area contributed by atoms with E-state index in [2.05, 4.69) is 26.8 Å². The summed E-state index contributed by atoms with van der Waals surface area (Å²) in [5, 5.41) is 0.692. The van der Waals surface area contributed by atoms with Crippen molar-refractivity contribution in [1.29, 1.82) is 0 Å². The van der Waals surface area contributed by atoms with E-state index in [1.807, 2.05) is 44.3 Å². The Morgan fingerprint density at radius 1 is 1.14 bits per heavy atom. The highest BCUT2D eigenvalue weighted by molar-refractivity contribution is 6.33. The van der Waals surface area contributed by atoms with Gasteiger partial charge in [0.2, 0.25) is 0 Å². The number of halogens is 1. The Kier molecular flexibility index (Phi) is 5.72. The molecule has 152 valence electrons. The number of benzene rings is 1. The summed E-state index contributed by atoms with van der Waals surface area (Å²) < 4.78 is 5.77. The van der Waals surface area contributed by atoms with Crippen LogP contribution < -0.4 is 9.64 Å². The number of aromatic nitrogens is 4. The molecule has 1 aromatic carbocycles. The molecule has 1 saturated heterocycles. The van der Waals surface area contributed by atoms with Gasteiger partial charge < -0.3 is 14.6 Å². The molecule has 0 saturated carbocycles. The number of H-pyrrole nitrogens is 1. The SMILES string of the molecule is Cc1[nH]cnc1C1CCN(c2nc(OC(C)C)ncc2-c2ccccc2Cl)CC1. The molecule has 0 spiro atoms. The number of nitrogens with one attached hydrogen (secondary N) is 1. The standard InChI is InChI=1S/C22H26ClN5O/c1-14(2)29-22-24-12-18(17-6-4-5-7-19(17)23)21(27-22)28-10-8-16(9-11-28)20-15(3)25-13-26-20/h4-7,12-14,16H,8-11H2,1-3H3,(H,25,26). The average Bonchev–Trinajstić information content (AvgIpc) is 3.14. The van der Waals surface area contributed by atoms with Gasteiger partial charge in [-0.1, -0.05) is 29.8 Å². The lowest BCUT2D eigenvalue weighted by molar-refractivity contribution is 0.222. The van der Waals surface area contributed by atoms with E-state index in [1.54, 1.807) is 6.33 Å². The van der Waals surface area contributed by atoms with Gasteiger partial charge in [0.15, 0.2) is 0 Å². The molecule has 29 heavy (non-hydrogen) atoms. The fourth-order valence-corrected chi connectivity index (χ4v) is 4.12. The van der Waals surface area contributed by atoms with Crippen LogP contribution in [0.4, 0.5) is 5.82 Å². The zero-order valence-corrected chi connectivity index (χ0v) is 17.8. The van der Waals surface area contributed by atoms with Gasteiger partial charge in [0.05, 0.1) is 18.1 Å². The summed E-state index contributed by atoms with van der Waals surface area (Å²) in [4.78, 5) is 19.2. The Hall–Kier alpha value is -2.60. The minimum atomic E-state index is 0.0161. The fraction of sp³-hybridized carbons (Fsp3) is 0.409. The zero-order chi connectivity index (χ0) is 20.4. The van der Waals surface area contributed by atoms with Gasteiger partial charge >= 0.3 is 6.01 Å². The van der Waals surface area contributed by atoms with Crippen LogP contribution in [0.1, 0.15) is 44.0 Å². The normalized spacial score (nSPS) is 15.1. The number of aromatic amines is 1. The molecule has 7 heteroatoms. The maximum absolute atomic E-state index is 6.48. The Bertz CT molecular complexity index is 979. The van der Waals surface area contributed by atoms with Crippen LogP contribution in [-0.2, 0) is 0 Å². The van der Waals surface area contributed by atoms with Crippen molar-refractivity contribution < 1.29 is 4.74 Å². The molecule has 0 unspecified atom stereocenters. The molecule has 0 amide bonds. The van der Waals surface area contributed by atoms with Gasteiger partial charge in [-0.05, 0) is 39.7 Å². The predicted octanol–water partition coefficient (Wildman–Crippen LogP) is 5.00. The van der Waals surface area contributed by atoms with Gasteiger partial charge in [0.1, 0.15) is 5.82 Å². The van der Waals surface area contributed by atoms with Gasteiger partial charge in [0.25, 0.3) is 0 Å². The molecule has 1 aliphatic rings. The number of ether oxygens (including phenoxy) is 1.